The van der Waals surface area contributed by atoms with E-state index in [0.29, 0.717) is 11.2 Å². The van der Waals surface area contributed by atoms with Crippen LogP contribution in [-0.4, -0.2) is 70.6 Å². The summed E-state index contributed by atoms with van der Waals surface area (Å²) in [4.78, 5) is 35.0. The normalized spacial score (nSPS) is 11.7. The van der Waals surface area contributed by atoms with Crippen molar-refractivity contribution in [1.82, 2.24) is 19.5 Å². The highest BCUT2D eigenvalue weighted by atomic mass is 31.2. The average molecular weight is 505 g/mol. The number of hydrogen-bond acceptors (Lipinski definition) is 14. The molecule has 0 aliphatic rings. The molecule has 190 valence electrons. The number of carbonyl (C=O) groups excluding carboxylic acids is 2. The Hall–Kier alpha value is -3.00. The fourth-order valence-electron chi connectivity index (χ4n) is 2.28. The molecule has 0 atom stereocenters. The number of carbonyl (C=O) groups is 2. The Balaban J connectivity index is 1.88. The summed E-state index contributed by atoms with van der Waals surface area (Å²) in [6.45, 7) is 5.35. The second-order valence-corrected chi connectivity index (χ2v) is 9.13. The maximum Gasteiger partial charge on any atom is 0.510 e. The molecule has 2 aromatic rings. The van der Waals surface area contributed by atoms with E-state index in [2.05, 4.69) is 15.0 Å². The summed E-state index contributed by atoms with van der Waals surface area (Å²) >= 11 is 0. The van der Waals surface area contributed by atoms with E-state index in [9.17, 15) is 14.2 Å². The first-order valence-corrected chi connectivity index (χ1v) is 11.9. The fraction of sp³-hybridized carbons (Fsp3) is 0.611. The maximum atomic E-state index is 12.9. The van der Waals surface area contributed by atoms with Gasteiger partial charge in [0, 0.05) is 6.54 Å². The van der Waals surface area contributed by atoms with E-state index in [1.807, 2.05) is 0 Å². The van der Waals surface area contributed by atoms with Gasteiger partial charge in [-0.3, -0.25) is 13.6 Å². The third kappa shape index (κ3) is 9.09. The minimum absolute atomic E-state index is 0.0541. The van der Waals surface area contributed by atoms with Crippen LogP contribution in [-0.2, 0) is 43.8 Å². The molecule has 0 spiro atoms. The summed E-state index contributed by atoms with van der Waals surface area (Å²) in [5, 5.41) is 0. The lowest BCUT2D eigenvalue weighted by Gasteiger charge is -2.18. The lowest BCUT2D eigenvalue weighted by atomic mass is 10.5. The Kier molecular flexibility index (Phi) is 10.4. The van der Waals surface area contributed by atoms with Gasteiger partial charge in [0.15, 0.2) is 11.5 Å². The molecule has 2 aromatic heterocycles. The average Bonchev–Trinajstić information content (AvgIpc) is 3.14. The summed E-state index contributed by atoms with van der Waals surface area (Å²) < 4.78 is 49.1. The summed E-state index contributed by atoms with van der Waals surface area (Å²) in [6.07, 6.45) is -0.602. The summed E-state index contributed by atoms with van der Waals surface area (Å²) in [6, 6.07) is 0. The maximum absolute atomic E-state index is 12.9. The van der Waals surface area contributed by atoms with Crippen molar-refractivity contribution in [1.29, 1.82) is 0 Å². The largest absolute Gasteiger partial charge is 0.510 e. The fourth-order valence-corrected chi connectivity index (χ4v) is 3.28. The Morgan fingerprint density at radius 2 is 1.59 bits per heavy atom. The van der Waals surface area contributed by atoms with Gasteiger partial charge in [0.05, 0.1) is 25.1 Å². The third-order valence-electron chi connectivity index (χ3n) is 3.67. The zero-order chi connectivity index (χ0) is 25.1. The Morgan fingerprint density at radius 1 is 1.00 bits per heavy atom. The van der Waals surface area contributed by atoms with Crippen molar-refractivity contribution in [3.8, 4) is 0 Å². The van der Waals surface area contributed by atoms with Crippen LogP contribution in [0.25, 0.3) is 11.2 Å². The Morgan fingerprint density at radius 3 is 2.15 bits per heavy atom. The lowest BCUT2D eigenvalue weighted by molar-refractivity contribution is -0.0344. The molecule has 2 N–H and O–H groups in total. The van der Waals surface area contributed by atoms with E-state index in [-0.39, 0.29) is 19.0 Å². The molecule has 2 rings (SSSR count). The second kappa shape index (κ2) is 13.0. The summed E-state index contributed by atoms with van der Waals surface area (Å²) in [5.41, 5.74) is 6.69. The molecule has 2 heterocycles. The monoisotopic (exact) mass is 505 g/mol. The Labute approximate surface area is 195 Å². The third-order valence-corrected chi connectivity index (χ3v) is 5.17. The van der Waals surface area contributed by atoms with Crippen molar-refractivity contribution in [3.63, 3.8) is 0 Å². The number of nitrogen functional groups attached to an aromatic ring is 1. The zero-order valence-electron chi connectivity index (χ0n) is 19.2. The highest BCUT2D eigenvalue weighted by Gasteiger charge is 2.27. The van der Waals surface area contributed by atoms with E-state index >= 15 is 0 Å². The highest BCUT2D eigenvalue weighted by Crippen LogP contribution is 2.48. The first-order valence-electron chi connectivity index (χ1n) is 10.1. The number of fused-ring (bicyclic) bond motifs is 1. The molecule has 0 unspecified atom stereocenters. The summed E-state index contributed by atoms with van der Waals surface area (Å²) in [5.74, 6) is 0.239. The quantitative estimate of drug-likeness (QED) is 0.181. The molecule has 0 saturated carbocycles. The van der Waals surface area contributed by atoms with Gasteiger partial charge in [-0.15, -0.1) is 0 Å². The second-order valence-electron chi connectivity index (χ2n) is 7.13. The van der Waals surface area contributed by atoms with E-state index in [4.69, 9.17) is 38.5 Å². The van der Waals surface area contributed by atoms with E-state index in [1.165, 1.54) is 12.7 Å². The van der Waals surface area contributed by atoms with Crippen LogP contribution >= 0.6 is 7.60 Å². The van der Waals surface area contributed by atoms with Crippen molar-refractivity contribution in [2.24, 2.45) is 0 Å². The van der Waals surface area contributed by atoms with Gasteiger partial charge in [0.2, 0.25) is 13.6 Å². The molecular formula is C18H28N5O10P. The van der Waals surface area contributed by atoms with Gasteiger partial charge in [-0.1, -0.05) is 0 Å². The van der Waals surface area contributed by atoms with E-state index < -0.39 is 52.0 Å². The van der Waals surface area contributed by atoms with Crippen LogP contribution in [0.2, 0.25) is 0 Å². The Bertz CT molecular complexity index is 967. The van der Waals surface area contributed by atoms with Crippen LogP contribution in [0.15, 0.2) is 12.7 Å². The molecule has 0 saturated heterocycles. The van der Waals surface area contributed by atoms with Gasteiger partial charge in [-0.05, 0) is 27.7 Å². The highest BCUT2D eigenvalue weighted by molar-refractivity contribution is 7.53. The number of nitrogens with two attached hydrogens (primary N) is 1. The van der Waals surface area contributed by atoms with Crippen molar-refractivity contribution in [3.05, 3.63) is 12.7 Å². The van der Waals surface area contributed by atoms with Gasteiger partial charge in [0.25, 0.3) is 0 Å². The minimum Gasteiger partial charge on any atom is -0.432 e. The number of rotatable bonds is 13. The topological polar surface area (TPSA) is 185 Å². The number of hydrogen-bond donors (Lipinski definition) is 1. The molecule has 0 radical (unpaired) electrons. The van der Waals surface area contributed by atoms with Crippen LogP contribution < -0.4 is 5.73 Å². The van der Waals surface area contributed by atoms with Crippen LogP contribution in [0.4, 0.5) is 15.4 Å². The van der Waals surface area contributed by atoms with Crippen LogP contribution in [0.3, 0.4) is 0 Å². The molecule has 0 fully saturated rings. The van der Waals surface area contributed by atoms with Gasteiger partial charge >= 0.3 is 19.9 Å². The SMILES string of the molecule is CC(C)OC(=O)OCOP(=O)(COCCn1cnc2c(N)ncnc21)OCOC(=O)OC(C)C. The van der Waals surface area contributed by atoms with Crippen LogP contribution in [0.5, 0.6) is 0 Å². The first-order chi connectivity index (χ1) is 16.1. The predicted octanol–water partition coefficient (Wildman–Crippen LogP) is 2.65. The number of imidazole rings is 1. The van der Waals surface area contributed by atoms with Crippen molar-refractivity contribution >= 4 is 36.9 Å². The van der Waals surface area contributed by atoms with Gasteiger partial charge in [-0.25, -0.2) is 24.5 Å². The zero-order valence-corrected chi connectivity index (χ0v) is 20.1. The van der Waals surface area contributed by atoms with Crippen molar-refractivity contribution in [2.45, 2.75) is 46.4 Å². The van der Waals surface area contributed by atoms with Crippen LogP contribution in [0.1, 0.15) is 27.7 Å². The van der Waals surface area contributed by atoms with Gasteiger partial charge in [-0.2, -0.15) is 0 Å². The molecular weight excluding hydrogens is 477 g/mol. The van der Waals surface area contributed by atoms with Crippen LogP contribution in [0, 0.1) is 0 Å². The number of nitrogens with zero attached hydrogens (tertiary/aromatic N) is 4. The van der Waals surface area contributed by atoms with E-state index in [0.717, 1.165) is 0 Å². The summed E-state index contributed by atoms with van der Waals surface area (Å²) in [7, 11) is -4.02. The minimum atomic E-state index is -4.02. The van der Waals surface area contributed by atoms with Crippen molar-refractivity contribution < 1.29 is 46.9 Å². The number of ether oxygens (including phenoxy) is 5. The van der Waals surface area contributed by atoms with Crippen molar-refractivity contribution in [2.75, 3.05) is 32.3 Å². The molecule has 0 aliphatic heterocycles. The number of anilines is 1. The smallest absolute Gasteiger partial charge is 0.432 e. The molecule has 15 nitrogen and oxygen atoms in total. The molecule has 0 aliphatic carbocycles. The lowest BCUT2D eigenvalue weighted by Crippen LogP contribution is -2.17. The molecule has 34 heavy (non-hydrogen) atoms. The molecule has 0 amide bonds. The van der Waals surface area contributed by atoms with E-state index in [1.54, 1.807) is 32.3 Å². The molecule has 16 heteroatoms. The molecule has 0 aromatic carbocycles. The first kappa shape index (κ1) is 27.2. The van der Waals surface area contributed by atoms with Gasteiger partial charge in [0.1, 0.15) is 18.2 Å². The standard InChI is InChI=1S/C18H28N5O10P/c1-12(2)32-17(24)28-9-30-34(26,31-10-29-18(25)33-13(3)4)11-27-6-5-23-8-22-14-15(19)20-7-21-16(14)23/h7-8,12-13H,5-6,9-11H2,1-4H3,(H2,19,20,21). The number of aromatic nitrogens is 4. The predicted molar refractivity (Wildman–Crippen MR) is 115 cm³/mol. The van der Waals surface area contributed by atoms with Gasteiger partial charge < -0.3 is 34.0 Å². The molecule has 0 bridgehead atoms.